The molecule has 0 aliphatic carbocycles. The molecule has 16 heavy (non-hydrogen) atoms. The van der Waals surface area contributed by atoms with Gasteiger partial charge in [-0.25, -0.2) is 4.98 Å². The topological polar surface area (TPSA) is 81.7 Å². The number of nitrogens with one attached hydrogen (secondary N) is 1. The highest BCUT2D eigenvalue weighted by Crippen LogP contribution is 2.19. The Morgan fingerprint density at radius 1 is 1.50 bits per heavy atom. The molecule has 0 aliphatic rings. The number of nitrogens with zero attached hydrogens (tertiary/aromatic N) is 4. The number of halogens is 1. The van der Waals surface area contributed by atoms with Crippen LogP contribution in [-0.4, -0.2) is 19.7 Å². The van der Waals surface area contributed by atoms with Crippen molar-refractivity contribution in [1.82, 2.24) is 19.7 Å². The van der Waals surface area contributed by atoms with Crippen LogP contribution in [0.25, 0.3) is 0 Å². The van der Waals surface area contributed by atoms with E-state index in [-0.39, 0.29) is 5.82 Å². The normalized spacial score (nSPS) is 10.4. The summed E-state index contributed by atoms with van der Waals surface area (Å²) in [5.74, 6) is 0.652. The summed E-state index contributed by atoms with van der Waals surface area (Å²) in [7, 11) is 1.84. The first kappa shape index (κ1) is 10.7. The SMILES string of the molecule is Cc1nn(C)cc1Nc1ncc(Cl)c(N)n1. The first-order valence-corrected chi connectivity index (χ1v) is 4.99. The molecular weight excluding hydrogens is 228 g/mol. The molecule has 2 aromatic heterocycles. The van der Waals surface area contributed by atoms with E-state index in [2.05, 4.69) is 20.4 Å². The van der Waals surface area contributed by atoms with Crippen molar-refractivity contribution in [2.75, 3.05) is 11.1 Å². The van der Waals surface area contributed by atoms with Gasteiger partial charge in [0.05, 0.1) is 17.6 Å². The fourth-order valence-electron chi connectivity index (χ4n) is 1.28. The van der Waals surface area contributed by atoms with Gasteiger partial charge >= 0.3 is 0 Å². The molecule has 0 saturated carbocycles. The Bertz CT molecular complexity index is 521. The van der Waals surface area contributed by atoms with Gasteiger partial charge in [0.25, 0.3) is 0 Å². The van der Waals surface area contributed by atoms with E-state index in [9.17, 15) is 0 Å². The van der Waals surface area contributed by atoms with Crippen LogP contribution in [0.3, 0.4) is 0 Å². The fourth-order valence-corrected chi connectivity index (χ4v) is 1.37. The van der Waals surface area contributed by atoms with Crippen molar-refractivity contribution < 1.29 is 0 Å². The maximum atomic E-state index is 5.72. The molecule has 0 bridgehead atoms. The van der Waals surface area contributed by atoms with Crippen LogP contribution in [0.1, 0.15) is 5.69 Å². The second kappa shape index (κ2) is 3.97. The number of hydrogen-bond acceptors (Lipinski definition) is 5. The molecule has 7 heteroatoms. The van der Waals surface area contributed by atoms with E-state index >= 15 is 0 Å². The number of nitrogens with two attached hydrogens (primary N) is 1. The lowest BCUT2D eigenvalue weighted by molar-refractivity contribution is 0.756. The average molecular weight is 239 g/mol. The second-order valence-electron chi connectivity index (χ2n) is 3.35. The number of rotatable bonds is 2. The molecule has 3 N–H and O–H groups in total. The van der Waals surface area contributed by atoms with E-state index in [0.717, 1.165) is 11.4 Å². The van der Waals surface area contributed by atoms with E-state index in [1.165, 1.54) is 6.20 Å². The van der Waals surface area contributed by atoms with E-state index in [4.69, 9.17) is 17.3 Å². The second-order valence-corrected chi connectivity index (χ2v) is 3.76. The third-order valence-electron chi connectivity index (χ3n) is 2.03. The first-order chi connectivity index (χ1) is 7.56. The smallest absolute Gasteiger partial charge is 0.229 e. The highest BCUT2D eigenvalue weighted by atomic mass is 35.5. The van der Waals surface area contributed by atoms with Gasteiger partial charge in [-0.15, -0.1) is 0 Å². The minimum absolute atomic E-state index is 0.251. The minimum Gasteiger partial charge on any atom is -0.382 e. The Morgan fingerprint density at radius 3 is 2.81 bits per heavy atom. The maximum Gasteiger partial charge on any atom is 0.229 e. The molecule has 2 rings (SSSR count). The standard InChI is InChI=1S/C9H11ClN6/c1-5-7(4-16(2)15-5)13-9-12-3-6(10)8(11)14-9/h3-4H,1-2H3,(H3,11,12,13,14). The molecule has 0 atom stereocenters. The maximum absolute atomic E-state index is 5.72. The van der Waals surface area contributed by atoms with Crippen molar-refractivity contribution in [3.8, 4) is 0 Å². The predicted molar refractivity (Wildman–Crippen MR) is 62.7 cm³/mol. The summed E-state index contributed by atoms with van der Waals surface area (Å²) in [5, 5.41) is 7.55. The molecular formula is C9H11ClN6. The van der Waals surface area contributed by atoms with E-state index in [1.54, 1.807) is 4.68 Å². The van der Waals surface area contributed by atoms with Crippen LogP contribution in [0.15, 0.2) is 12.4 Å². The minimum atomic E-state index is 0.251. The van der Waals surface area contributed by atoms with Gasteiger partial charge in [-0.05, 0) is 6.92 Å². The molecule has 2 heterocycles. The molecule has 0 saturated heterocycles. The van der Waals surface area contributed by atoms with Gasteiger partial charge in [0.15, 0.2) is 0 Å². The number of anilines is 3. The van der Waals surface area contributed by atoms with Gasteiger partial charge in [0.1, 0.15) is 10.8 Å². The Labute approximate surface area is 97.5 Å². The molecule has 0 amide bonds. The van der Waals surface area contributed by atoms with Crippen molar-refractivity contribution in [2.45, 2.75) is 6.92 Å². The average Bonchev–Trinajstić information content (AvgIpc) is 2.51. The molecule has 2 aromatic rings. The summed E-state index contributed by atoms with van der Waals surface area (Å²) in [4.78, 5) is 8.02. The molecule has 0 fully saturated rings. The summed E-state index contributed by atoms with van der Waals surface area (Å²) in [6.45, 7) is 1.89. The first-order valence-electron chi connectivity index (χ1n) is 4.61. The zero-order valence-corrected chi connectivity index (χ0v) is 9.65. The van der Waals surface area contributed by atoms with E-state index in [1.807, 2.05) is 20.2 Å². The molecule has 0 unspecified atom stereocenters. The Balaban J connectivity index is 2.27. The molecule has 0 radical (unpaired) electrons. The molecule has 0 spiro atoms. The van der Waals surface area contributed by atoms with Crippen LogP contribution in [-0.2, 0) is 7.05 Å². The van der Waals surface area contributed by atoms with Crippen LogP contribution in [0, 0.1) is 6.92 Å². The molecule has 6 nitrogen and oxygen atoms in total. The monoisotopic (exact) mass is 238 g/mol. The van der Waals surface area contributed by atoms with Crippen molar-refractivity contribution in [1.29, 1.82) is 0 Å². The fraction of sp³-hybridized carbons (Fsp3) is 0.222. The molecule has 84 valence electrons. The quantitative estimate of drug-likeness (QED) is 0.829. The lowest BCUT2D eigenvalue weighted by Gasteiger charge is -2.03. The summed E-state index contributed by atoms with van der Waals surface area (Å²) in [5.41, 5.74) is 7.27. The van der Waals surface area contributed by atoms with Gasteiger partial charge in [-0.1, -0.05) is 11.6 Å². The lowest BCUT2D eigenvalue weighted by atomic mass is 10.4. The number of hydrogen-bond donors (Lipinski definition) is 2. The number of aromatic nitrogens is 4. The van der Waals surface area contributed by atoms with Crippen LogP contribution in [0.4, 0.5) is 17.5 Å². The summed E-state index contributed by atoms with van der Waals surface area (Å²) in [6.07, 6.45) is 3.29. The lowest BCUT2D eigenvalue weighted by Crippen LogP contribution is -2.00. The summed E-state index contributed by atoms with van der Waals surface area (Å²) >= 11 is 5.72. The van der Waals surface area contributed by atoms with Gasteiger partial charge in [0, 0.05) is 13.2 Å². The largest absolute Gasteiger partial charge is 0.382 e. The Kier molecular flexibility index (Phi) is 2.66. The molecule has 0 aliphatic heterocycles. The Hall–Kier alpha value is -1.82. The van der Waals surface area contributed by atoms with Crippen molar-refractivity contribution in [3.63, 3.8) is 0 Å². The summed E-state index contributed by atoms with van der Waals surface area (Å²) in [6, 6.07) is 0. The van der Waals surface area contributed by atoms with Crippen LogP contribution in [0.2, 0.25) is 5.02 Å². The highest BCUT2D eigenvalue weighted by molar-refractivity contribution is 6.32. The zero-order chi connectivity index (χ0) is 11.7. The zero-order valence-electron chi connectivity index (χ0n) is 8.90. The van der Waals surface area contributed by atoms with Crippen LogP contribution in [0.5, 0.6) is 0 Å². The third kappa shape index (κ3) is 2.06. The van der Waals surface area contributed by atoms with Crippen LogP contribution < -0.4 is 11.1 Å². The number of aryl methyl sites for hydroxylation is 2. The van der Waals surface area contributed by atoms with E-state index in [0.29, 0.717) is 11.0 Å². The summed E-state index contributed by atoms with van der Waals surface area (Å²) < 4.78 is 1.71. The predicted octanol–water partition coefficient (Wildman–Crippen LogP) is 1.50. The van der Waals surface area contributed by atoms with E-state index < -0.39 is 0 Å². The van der Waals surface area contributed by atoms with Crippen LogP contribution >= 0.6 is 11.6 Å². The van der Waals surface area contributed by atoms with Crippen molar-refractivity contribution in [2.24, 2.45) is 7.05 Å². The number of nitrogen functional groups attached to an aromatic ring is 1. The molecule has 0 aromatic carbocycles. The Morgan fingerprint density at radius 2 is 2.25 bits per heavy atom. The van der Waals surface area contributed by atoms with Gasteiger partial charge in [-0.3, -0.25) is 4.68 Å². The van der Waals surface area contributed by atoms with Gasteiger partial charge in [0.2, 0.25) is 5.95 Å². The van der Waals surface area contributed by atoms with Gasteiger partial charge < -0.3 is 11.1 Å². The van der Waals surface area contributed by atoms with Crippen molar-refractivity contribution >= 4 is 29.1 Å². The third-order valence-corrected chi connectivity index (χ3v) is 2.32. The highest BCUT2D eigenvalue weighted by Gasteiger charge is 2.06. The van der Waals surface area contributed by atoms with Crippen molar-refractivity contribution in [3.05, 3.63) is 23.1 Å². The van der Waals surface area contributed by atoms with Gasteiger partial charge in [-0.2, -0.15) is 10.1 Å².